The summed E-state index contributed by atoms with van der Waals surface area (Å²) < 4.78 is 1.00. The van der Waals surface area contributed by atoms with Crippen LogP contribution in [-0.4, -0.2) is 32.7 Å². The first-order chi connectivity index (χ1) is 3.00. The molecule has 0 heterocycles. The molecular weight excluding hydrogens is 328 g/mol. The van der Waals surface area contributed by atoms with Gasteiger partial charge in [0, 0.05) is 37.2 Å². The Morgan fingerprint density at radius 1 is 0.875 bits per heavy atom. The van der Waals surface area contributed by atoms with Gasteiger partial charge in [0.15, 0.2) is 0 Å². The lowest BCUT2D eigenvalue weighted by atomic mass is 10.8. The zero-order valence-electron chi connectivity index (χ0n) is 5.20. The van der Waals surface area contributed by atoms with Crippen LogP contribution in [0.1, 0.15) is 7.43 Å². The van der Waals surface area contributed by atoms with Gasteiger partial charge >= 0.3 is 0 Å². The highest BCUT2D eigenvalue weighted by Crippen LogP contribution is 1.89. The van der Waals surface area contributed by atoms with Crippen molar-refractivity contribution in [3.63, 3.8) is 0 Å². The molecule has 0 bridgehead atoms. The molecule has 0 aliphatic heterocycles. The molecule has 0 amide bonds. The molecule has 0 fully saturated rings. The Bertz CT molecular complexity index is 25.9. The van der Waals surface area contributed by atoms with Crippen LogP contribution >= 0.6 is 37.2 Å². The fourth-order valence-corrected chi connectivity index (χ4v) is 0. The fraction of sp³-hybridized carbons (Fsp3) is 1.00. The quantitative estimate of drug-likeness (QED) is 0.468. The van der Waals surface area contributed by atoms with E-state index in [2.05, 4.69) is 65.4 Å². The van der Waals surface area contributed by atoms with Crippen LogP contribution in [0.4, 0.5) is 0 Å². The van der Waals surface area contributed by atoms with E-state index in [1.807, 2.05) is 0 Å². The lowest BCUT2D eigenvalue weighted by Gasteiger charge is -2.14. The molecule has 0 saturated carbocycles. The zero-order valence-corrected chi connectivity index (χ0v) is 9.52. The third-order valence-corrected chi connectivity index (χ3v) is 0. The fourth-order valence-electron chi connectivity index (χ4n) is 0. The number of hydrogen-bond acceptors (Lipinski definition) is 0. The summed E-state index contributed by atoms with van der Waals surface area (Å²) in [6.07, 6.45) is 0. The second kappa shape index (κ2) is 8.42. The summed E-state index contributed by atoms with van der Waals surface area (Å²) in [6, 6.07) is 0. The normalized spacial score (nSPS) is 8.25. The zero-order chi connectivity index (χ0) is 6.50. The Labute approximate surface area is 76.7 Å². The van der Waals surface area contributed by atoms with Crippen LogP contribution in [0.5, 0.6) is 0 Å². The van der Waals surface area contributed by atoms with Crippen LogP contribution in [-0.2, 0) is 0 Å². The molecule has 54 valence electrons. The maximum atomic E-state index is 2.12. The molecule has 0 N–H and O–H groups in total. The molecule has 0 rings (SSSR count). The number of rotatable bonds is 0. The van der Waals surface area contributed by atoms with Gasteiger partial charge in [-0.2, -0.15) is 0 Å². The van der Waals surface area contributed by atoms with Crippen molar-refractivity contribution in [3.8, 4) is 0 Å². The average Bonchev–Trinajstić information content (AvgIpc) is 1.36. The first-order valence-corrected chi connectivity index (χ1v) is 8.22. The Morgan fingerprint density at radius 2 is 0.875 bits per heavy atom. The van der Waals surface area contributed by atoms with Gasteiger partial charge in [0.25, 0.3) is 0 Å². The molecule has 8 heavy (non-hydrogen) atoms. The Kier molecular flexibility index (Phi) is 17.1. The molecule has 0 aromatic heterocycles. The van der Waals surface area contributed by atoms with Gasteiger partial charge in [0.05, 0.1) is 28.2 Å². The highest BCUT2D eigenvalue weighted by Gasteiger charge is 1.88. The van der Waals surface area contributed by atoms with E-state index in [4.69, 9.17) is 0 Å². The predicted octanol–water partition coefficient (Wildman–Crippen LogP) is 2.73. The largest absolute Gasteiger partial charge is 0.333 e. The van der Waals surface area contributed by atoms with Crippen LogP contribution in [0.3, 0.4) is 0 Å². The standard InChI is InChI=1S/C4H12N.CH4.I2/c1-5(2,3)4;;1-2/h1-4H3;1H4;/q+1;;. The van der Waals surface area contributed by atoms with Gasteiger partial charge in [0.2, 0.25) is 0 Å². The van der Waals surface area contributed by atoms with Gasteiger partial charge in [-0.05, 0) is 0 Å². The van der Waals surface area contributed by atoms with Crippen LogP contribution in [0, 0.1) is 0 Å². The Morgan fingerprint density at radius 3 is 0.875 bits per heavy atom. The van der Waals surface area contributed by atoms with E-state index >= 15 is 0 Å². The van der Waals surface area contributed by atoms with Crippen LogP contribution in [0.25, 0.3) is 0 Å². The van der Waals surface area contributed by atoms with Crippen molar-refractivity contribution in [2.45, 2.75) is 7.43 Å². The molecule has 0 atom stereocenters. The average molecular weight is 344 g/mol. The van der Waals surface area contributed by atoms with E-state index in [1.165, 1.54) is 0 Å². The molecule has 0 saturated heterocycles. The van der Waals surface area contributed by atoms with Gasteiger partial charge in [-0.3, -0.25) is 0 Å². The van der Waals surface area contributed by atoms with E-state index in [9.17, 15) is 0 Å². The van der Waals surface area contributed by atoms with Gasteiger partial charge in [0.1, 0.15) is 0 Å². The molecule has 0 aliphatic carbocycles. The van der Waals surface area contributed by atoms with Gasteiger partial charge in [-0.1, -0.05) is 7.43 Å². The SMILES string of the molecule is C.C[N+](C)(C)C.II. The van der Waals surface area contributed by atoms with Crippen molar-refractivity contribution in [3.05, 3.63) is 0 Å². The topological polar surface area (TPSA) is 0 Å². The van der Waals surface area contributed by atoms with Gasteiger partial charge < -0.3 is 4.48 Å². The Balaban J connectivity index is -0.0000000750. The lowest BCUT2D eigenvalue weighted by molar-refractivity contribution is -0.849. The van der Waals surface area contributed by atoms with E-state index < -0.39 is 0 Å². The van der Waals surface area contributed by atoms with Crippen molar-refractivity contribution < 1.29 is 4.48 Å². The van der Waals surface area contributed by atoms with Crippen LogP contribution in [0.2, 0.25) is 0 Å². The molecule has 0 aromatic rings. The third kappa shape index (κ3) is 152. The summed E-state index contributed by atoms with van der Waals surface area (Å²) in [5.74, 6) is 0. The minimum absolute atomic E-state index is 0. The summed E-state index contributed by atoms with van der Waals surface area (Å²) in [4.78, 5) is 0. The van der Waals surface area contributed by atoms with Gasteiger partial charge in [-0.25, -0.2) is 0 Å². The monoisotopic (exact) mass is 344 g/mol. The minimum atomic E-state index is 0. The molecule has 0 spiro atoms. The van der Waals surface area contributed by atoms with Crippen LogP contribution < -0.4 is 0 Å². The predicted molar refractivity (Wildman–Crippen MR) is 58.7 cm³/mol. The Hall–Kier alpha value is 1.42. The van der Waals surface area contributed by atoms with Crippen molar-refractivity contribution in [2.75, 3.05) is 28.2 Å². The smallest absolute Gasteiger partial charge is 0.0675 e. The van der Waals surface area contributed by atoms with Crippen LogP contribution in [0.15, 0.2) is 0 Å². The van der Waals surface area contributed by atoms with Crippen molar-refractivity contribution in [2.24, 2.45) is 0 Å². The molecule has 0 radical (unpaired) electrons. The van der Waals surface area contributed by atoms with Crippen molar-refractivity contribution in [1.29, 1.82) is 0 Å². The second-order valence-corrected chi connectivity index (χ2v) is 2.68. The molecule has 0 unspecified atom stereocenters. The molecule has 3 heteroatoms. The van der Waals surface area contributed by atoms with Crippen molar-refractivity contribution >= 4 is 37.2 Å². The van der Waals surface area contributed by atoms with E-state index in [1.54, 1.807) is 0 Å². The molecule has 0 aromatic carbocycles. The molecular formula is C5H16I2N+. The summed E-state index contributed by atoms with van der Waals surface area (Å²) in [5, 5.41) is 0. The van der Waals surface area contributed by atoms with Gasteiger partial charge in [-0.15, -0.1) is 0 Å². The summed E-state index contributed by atoms with van der Waals surface area (Å²) >= 11 is 4.24. The van der Waals surface area contributed by atoms with E-state index in [0.29, 0.717) is 0 Å². The van der Waals surface area contributed by atoms with E-state index in [-0.39, 0.29) is 7.43 Å². The summed E-state index contributed by atoms with van der Waals surface area (Å²) in [5.41, 5.74) is 0. The number of nitrogens with zero attached hydrogens (tertiary/aromatic N) is 1. The molecule has 1 nitrogen and oxygen atoms in total. The highest BCUT2D eigenvalue weighted by molar-refractivity contribution is 15.0. The number of halogens is 2. The number of hydrogen-bond donors (Lipinski definition) is 0. The maximum absolute atomic E-state index is 2.12. The third-order valence-electron chi connectivity index (χ3n) is 0. The van der Waals surface area contributed by atoms with E-state index in [0.717, 1.165) is 4.48 Å². The summed E-state index contributed by atoms with van der Waals surface area (Å²) in [7, 11) is 8.50. The van der Waals surface area contributed by atoms with Crippen molar-refractivity contribution in [1.82, 2.24) is 0 Å². The number of quaternary nitrogens is 1. The summed E-state index contributed by atoms with van der Waals surface area (Å²) in [6.45, 7) is 0. The molecule has 0 aliphatic rings. The lowest BCUT2D eigenvalue weighted by Crippen LogP contribution is -2.27. The second-order valence-electron chi connectivity index (χ2n) is 2.68. The first-order valence-electron chi connectivity index (χ1n) is 1.93. The first kappa shape index (κ1) is 16.2. The maximum Gasteiger partial charge on any atom is 0.0675 e. The highest BCUT2D eigenvalue weighted by atomic mass is 128. The minimum Gasteiger partial charge on any atom is -0.333 e.